The Balaban J connectivity index is 1.18. The third-order valence-corrected chi connectivity index (χ3v) is 8.02. The molecule has 5 rings (SSSR count). The fourth-order valence-corrected chi connectivity index (χ4v) is 5.70. The molecule has 2 aliphatic rings. The summed E-state index contributed by atoms with van der Waals surface area (Å²) in [5.74, 6) is -0.0120. The highest BCUT2D eigenvalue weighted by atomic mass is 16.2. The summed E-state index contributed by atoms with van der Waals surface area (Å²) in [6.45, 7) is 4.40. The summed E-state index contributed by atoms with van der Waals surface area (Å²) in [4.78, 5) is 35.5. The summed E-state index contributed by atoms with van der Waals surface area (Å²) < 4.78 is 0. The van der Waals surface area contributed by atoms with E-state index in [9.17, 15) is 9.59 Å². The molecule has 3 amide bonds. The minimum absolute atomic E-state index is 0.0120. The first-order valence-electron chi connectivity index (χ1n) is 12.4. The van der Waals surface area contributed by atoms with Gasteiger partial charge in [-0.1, -0.05) is 48.5 Å². The zero-order valence-corrected chi connectivity index (χ0v) is 20.2. The Hall–Kier alpha value is -3.12. The van der Waals surface area contributed by atoms with Gasteiger partial charge >= 0.3 is 6.03 Å². The number of likely N-dealkylation sites (N-methyl/N-ethyl adjacent to an activating group) is 1. The molecule has 2 aliphatic heterocycles. The van der Waals surface area contributed by atoms with E-state index in [1.807, 2.05) is 30.3 Å². The second kappa shape index (κ2) is 9.26. The number of amides is 3. The Bertz CT molecular complexity index is 1160. The normalized spacial score (nSPS) is 19.5. The number of aryl methyl sites for hydroxylation is 1. The highest BCUT2D eigenvalue weighted by Gasteiger charge is 2.56. The molecule has 3 aromatic rings. The van der Waals surface area contributed by atoms with Crippen LogP contribution in [0.2, 0.25) is 0 Å². The average Bonchev–Trinajstić information content (AvgIpc) is 3.36. The van der Waals surface area contributed by atoms with E-state index in [1.54, 1.807) is 11.9 Å². The van der Waals surface area contributed by atoms with E-state index in [4.69, 9.17) is 0 Å². The fraction of sp³-hybridized carbons (Fsp3) is 0.429. The van der Waals surface area contributed by atoms with E-state index >= 15 is 0 Å². The van der Waals surface area contributed by atoms with Crippen molar-refractivity contribution in [3.05, 3.63) is 71.9 Å². The molecule has 178 valence electrons. The number of piperidine rings is 1. The molecule has 6 heteroatoms. The number of imide groups is 1. The van der Waals surface area contributed by atoms with Crippen LogP contribution in [0.1, 0.15) is 37.3 Å². The maximum absolute atomic E-state index is 13.4. The van der Waals surface area contributed by atoms with Crippen LogP contribution in [0.25, 0.3) is 10.9 Å². The van der Waals surface area contributed by atoms with Crippen molar-refractivity contribution in [1.29, 1.82) is 0 Å². The fourth-order valence-electron chi connectivity index (χ4n) is 5.70. The molecule has 34 heavy (non-hydrogen) atoms. The number of rotatable bonds is 7. The number of fused-ring (bicyclic) bond motifs is 1. The molecule has 1 N–H and O–H groups in total. The first kappa shape index (κ1) is 22.7. The number of benzene rings is 2. The number of para-hydroxylation sites is 1. The van der Waals surface area contributed by atoms with Gasteiger partial charge in [0, 0.05) is 49.8 Å². The average molecular weight is 459 g/mol. The monoisotopic (exact) mass is 458 g/mol. The van der Waals surface area contributed by atoms with Gasteiger partial charge in [0.2, 0.25) is 0 Å². The molecular weight excluding hydrogens is 424 g/mol. The minimum atomic E-state index is -0.680. The van der Waals surface area contributed by atoms with E-state index in [-0.39, 0.29) is 11.9 Å². The highest BCUT2D eigenvalue weighted by molar-refractivity contribution is 6.07. The van der Waals surface area contributed by atoms with Crippen molar-refractivity contribution < 1.29 is 9.59 Å². The number of hydrogen-bond donors (Lipinski definition) is 1. The predicted molar refractivity (Wildman–Crippen MR) is 135 cm³/mol. The molecular formula is C28H34N4O2. The van der Waals surface area contributed by atoms with E-state index < -0.39 is 5.54 Å². The van der Waals surface area contributed by atoms with Crippen molar-refractivity contribution in [3.63, 3.8) is 0 Å². The summed E-state index contributed by atoms with van der Waals surface area (Å²) in [5.41, 5.74) is 3.02. The molecule has 3 heterocycles. The second-order valence-corrected chi connectivity index (χ2v) is 9.85. The first-order chi connectivity index (χ1) is 16.5. The molecule has 1 aromatic heterocycles. The van der Waals surface area contributed by atoms with Crippen molar-refractivity contribution in [3.8, 4) is 0 Å². The molecule has 2 saturated heterocycles. The lowest BCUT2D eigenvalue weighted by Crippen LogP contribution is -2.56. The Morgan fingerprint density at radius 2 is 1.68 bits per heavy atom. The molecule has 2 fully saturated rings. The molecule has 0 radical (unpaired) electrons. The van der Waals surface area contributed by atoms with Gasteiger partial charge in [-0.25, -0.2) is 4.79 Å². The van der Waals surface area contributed by atoms with Crippen LogP contribution in [0.3, 0.4) is 0 Å². The van der Waals surface area contributed by atoms with Gasteiger partial charge in [-0.2, -0.15) is 0 Å². The minimum Gasteiger partial charge on any atom is -0.361 e. The van der Waals surface area contributed by atoms with Gasteiger partial charge in [-0.05, 0) is 56.2 Å². The number of carbonyl (C=O) groups excluding carboxylic acids is 2. The van der Waals surface area contributed by atoms with E-state index in [0.29, 0.717) is 31.8 Å². The SMILES string of the molecule is C[C@@H](CCc1c[nH]c2ccccc12)N1CCC2(CC1)C(=O)N(CCc1ccccc1)C(=O)N2C. The number of nitrogens with zero attached hydrogens (tertiary/aromatic N) is 3. The number of nitrogens with one attached hydrogen (secondary N) is 1. The molecule has 2 aromatic carbocycles. The van der Waals surface area contributed by atoms with Crippen LogP contribution in [-0.2, 0) is 17.6 Å². The van der Waals surface area contributed by atoms with Gasteiger partial charge in [0.05, 0.1) is 0 Å². The number of hydrogen-bond acceptors (Lipinski definition) is 3. The van der Waals surface area contributed by atoms with Gasteiger partial charge < -0.3 is 14.8 Å². The predicted octanol–water partition coefficient (Wildman–Crippen LogP) is 4.46. The Kier molecular flexibility index (Phi) is 6.17. The van der Waals surface area contributed by atoms with Crippen molar-refractivity contribution in [2.24, 2.45) is 0 Å². The number of H-pyrrole nitrogens is 1. The molecule has 0 unspecified atom stereocenters. The largest absolute Gasteiger partial charge is 0.361 e. The van der Waals surface area contributed by atoms with Crippen LogP contribution >= 0.6 is 0 Å². The van der Waals surface area contributed by atoms with Crippen LogP contribution in [0.5, 0.6) is 0 Å². The first-order valence-corrected chi connectivity index (χ1v) is 12.4. The van der Waals surface area contributed by atoms with Crippen LogP contribution in [0, 0.1) is 0 Å². The number of aromatic amines is 1. The third-order valence-electron chi connectivity index (χ3n) is 8.02. The summed E-state index contributed by atoms with van der Waals surface area (Å²) in [6.07, 6.45) is 6.32. The Labute approximate surface area is 201 Å². The van der Waals surface area contributed by atoms with Crippen LogP contribution in [-0.4, -0.2) is 69.9 Å². The van der Waals surface area contributed by atoms with E-state index in [0.717, 1.165) is 31.5 Å². The molecule has 0 aliphatic carbocycles. The lowest BCUT2D eigenvalue weighted by molar-refractivity contribution is -0.135. The topological polar surface area (TPSA) is 59.7 Å². The highest BCUT2D eigenvalue weighted by Crippen LogP contribution is 2.37. The molecule has 6 nitrogen and oxygen atoms in total. The Morgan fingerprint density at radius 1 is 0.971 bits per heavy atom. The van der Waals surface area contributed by atoms with Gasteiger partial charge in [-0.3, -0.25) is 9.69 Å². The molecule has 0 bridgehead atoms. The zero-order chi connectivity index (χ0) is 23.7. The summed E-state index contributed by atoms with van der Waals surface area (Å²) >= 11 is 0. The lowest BCUT2D eigenvalue weighted by Gasteiger charge is -2.43. The van der Waals surface area contributed by atoms with Gasteiger partial charge in [0.25, 0.3) is 5.91 Å². The lowest BCUT2D eigenvalue weighted by atomic mass is 9.85. The van der Waals surface area contributed by atoms with Crippen LogP contribution in [0.4, 0.5) is 4.79 Å². The van der Waals surface area contributed by atoms with Crippen LogP contribution < -0.4 is 0 Å². The smallest absolute Gasteiger partial charge is 0.327 e. The van der Waals surface area contributed by atoms with Gasteiger partial charge in [0.15, 0.2) is 0 Å². The maximum atomic E-state index is 13.4. The van der Waals surface area contributed by atoms with Crippen molar-refractivity contribution in [2.45, 2.75) is 50.6 Å². The maximum Gasteiger partial charge on any atom is 0.327 e. The molecule has 1 spiro atoms. The van der Waals surface area contributed by atoms with Crippen molar-refractivity contribution >= 4 is 22.8 Å². The van der Waals surface area contributed by atoms with Crippen molar-refractivity contribution in [1.82, 2.24) is 19.7 Å². The molecule has 0 saturated carbocycles. The number of aromatic nitrogens is 1. The summed E-state index contributed by atoms with van der Waals surface area (Å²) in [6, 6.07) is 18.8. The van der Waals surface area contributed by atoms with Crippen molar-refractivity contribution in [2.75, 3.05) is 26.7 Å². The summed E-state index contributed by atoms with van der Waals surface area (Å²) in [5, 5.41) is 1.31. The number of urea groups is 1. The molecule has 1 atom stereocenters. The van der Waals surface area contributed by atoms with E-state index in [2.05, 4.69) is 47.3 Å². The number of carbonyl (C=O) groups is 2. The zero-order valence-electron chi connectivity index (χ0n) is 20.2. The standard InChI is InChI=1S/C28H34N4O2/c1-21(12-13-23-20-29-25-11-7-6-10-24(23)25)31-18-15-28(16-19-31)26(33)32(27(34)30(28)2)17-14-22-8-4-3-5-9-22/h3-11,20-21,29H,12-19H2,1-2H3/t21-/m0/s1. The van der Waals surface area contributed by atoms with E-state index in [1.165, 1.54) is 21.4 Å². The second-order valence-electron chi connectivity index (χ2n) is 9.85. The van der Waals surface area contributed by atoms with Gasteiger partial charge in [-0.15, -0.1) is 0 Å². The number of likely N-dealkylation sites (tertiary alicyclic amines) is 1. The van der Waals surface area contributed by atoms with Crippen LogP contribution in [0.15, 0.2) is 60.8 Å². The van der Waals surface area contributed by atoms with Gasteiger partial charge in [0.1, 0.15) is 5.54 Å². The summed E-state index contributed by atoms with van der Waals surface area (Å²) in [7, 11) is 1.80. The third kappa shape index (κ3) is 4.00. The quantitative estimate of drug-likeness (QED) is 0.532. The Morgan fingerprint density at radius 3 is 2.44 bits per heavy atom.